The highest BCUT2D eigenvalue weighted by Gasteiger charge is 2.07. The number of hydrogen-bond donors (Lipinski definition) is 1. The number of aryl methyl sites for hydroxylation is 2. The van der Waals surface area contributed by atoms with Crippen LogP contribution in [-0.4, -0.2) is 24.8 Å². The third-order valence-corrected chi connectivity index (χ3v) is 3.55. The van der Waals surface area contributed by atoms with Crippen molar-refractivity contribution in [1.29, 1.82) is 0 Å². The van der Waals surface area contributed by atoms with Crippen molar-refractivity contribution in [1.82, 2.24) is 5.43 Å². The third kappa shape index (κ3) is 5.84. The molecule has 0 atom stereocenters. The number of carbonyl (C=O) groups excluding carboxylic acids is 1. The predicted octanol–water partition coefficient (Wildman–Crippen LogP) is 3.82. The van der Waals surface area contributed by atoms with E-state index in [1.807, 2.05) is 32.0 Å². The zero-order chi connectivity index (χ0) is 19.1. The van der Waals surface area contributed by atoms with Crippen molar-refractivity contribution in [2.45, 2.75) is 27.4 Å². The van der Waals surface area contributed by atoms with Crippen LogP contribution >= 0.6 is 0 Å². The Morgan fingerprint density at radius 2 is 1.85 bits per heavy atom. The second-order valence-electron chi connectivity index (χ2n) is 5.69. The van der Waals surface area contributed by atoms with Gasteiger partial charge in [-0.2, -0.15) is 13.9 Å². The van der Waals surface area contributed by atoms with Crippen LogP contribution in [0.4, 0.5) is 8.78 Å². The van der Waals surface area contributed by atoms with Gasteiger partial charge >= 0.3 is 6.61 Å². The van der Waals surface area contributed by atoms with Gasteiger partial charge < -0.3 is 9.47 Å². The van der Waals surface area contributed by atoms with Crippen LogP contribution in [0.25, 0.3) is 0 Å². The van der Waals surface area contributed by atoms with E-state index < -0.39 is 12.5 Å². The fourth-order valence-corrected chi connectivity index (χ4v) is 2.13. The predicted molar refractivity (Wildman–Crippen MR) is 94.8 cm³/mol. The van der Waals surface area contributed by atoms with Gasteiger partial charge in [-0.1, -0.05) is 12.1 Å². The molecule has 0 saturated carbocycles. The number of ether oxygens (including phenoxy) is 2. The summed E-state index contributed by atoms with van der Waals surface area (Å²) >= 11 is 0. The lowest BCUT2D eigenvalue weighted by Gasteiger charge is -2.09. The third-order valence-electron chi connectivity index (χ3n) is 3.55. The molecular weight excluding hydrogens is 342 g/mol. The van der Waals surface area contributed by atoms with Crippen LogP contribution < -0.4 is 14.9 Å². The molecule has 0 aliphatic rings. The van der Waals surface area contributed by atoms with E-state index >= 15 is 0 Å². The smallest absolute Gasteiger partial charge is 0.387 e. The summed E-state index contributed by atoms with van der Waals surface area (Å²) in [5.41, 5.74) is 5.58. The van der Waals surface area contributed by atoms with Crippen molar-refractivity contribution in [3.8, 4) is 11.5 Å². The lowest BCUT2D eigenvalue weighted by Crippen LogP contribution is -2.25. The lowest BCUT2D eigenvalue weighted by molar-refractivity contribution is -0.123. The highest BCUT2D eigenvalue weighted by Crippen LogP contribution is 2.19. The van der Waals surface area contributed by atoms with Gasteiger partial charge in [0.15, 0.2) is 6.61 Å². The van der Waals surface area contributed by atoms with Gasteiger partial charge in [0.1, 0.15) is 11.5 Å². The van der Waals surface area contributed by atoms with Crippen LogP contribution in [0, 0.1) is 13.8 Å². The van der Waals surface area contributed by atoms with E-state index in [9.17, 15) is 13.6 Å². The van der Waals surface area contributed by atoms with E-state index in [0.717, 1.165) is 11.1 Å². The molecule has 2 aromatic rings. The number of nitrogens with zero attached hydrogens (tertiary/aromatic N) is 1. The molecule has 0 aromatic heterocycles. The second-order valence-corrected chi connectivity index (χ2v) is 5.69. The van der Waals surface area contributed by atoms with Crippen molar-refractivity contribution in [3.05, 3.63) is 59.2 Å². The Labute approximate surface area is 150 Å². The van der Waals surface area contributed by atoms with Gasteiger partial charge in [-0.3, -0.25) is 4.79 Å². The molecule has 0 saturated heterocycles. The van der Waals surface area contributed by atoms with E-state index in [4.69, 9.17) is 4.74 Å². The van der Waals surface area contributed by atoms with Crippen LogP contribution in [0.15, 0.2) is 47.6 Å². The van der Waals surface area contributed by atoms with Crippen molar-refractivity contribution in [2.24, 2.45) is 5.10 Å². The number of halogens is 2. The Hall–Kier alpha value is -2.96. The first-order chi connectivity index (χ1) is 12.3. The number of hydrogen-bond acceptors (Lipinski definition) is 4. The van der Waals surface area contributed by atoms with Crippen LogP contribution in [0.2, 0.25) is 0 Å². The van der Waals surface area contributed by atoms with Crippen molar-refractivity contribution >= 4 is 11.6 Å². The average molecular weight is 362 g/mol. The number of amides is 1. The summed E-state index contributed by atoms with van der Waals surface area (Å²) in [6, 6.07) is 11.7. The summed E-state index contributed by atoms with van der Waals surface area (Å²) in [6.07, 6.45) is 0. The molecule has 2 aromatic carbocycles. The molecule has 138 valence electrons. The molecule has 26 heavy (non-hydrogen) atoms. The normalized spacial score (nSPS) is 11.4. The highest BCUT2D eigenvalue weighted by molar-refractivity contribution is 5.99. The minimum atomic E-state index is -2.87. The van der Waals surface area contributed by atoms with Crippen molar-refractivity contribution < 1.29 is 23.0 Å². The van der Waals surface area contributed by atoms with Gasteiger partial charge in [-0.15, -0.1) is 0 Å². The lowest BCUT2D eigenvalue weighted by atomic mass is 10.1. The number of hydrazone groups is 1. The largest absolute Gasteiger partial charge is 0.483 e. The molecule has 0 aliphatic heterocycles. The Morgan fingerprint density at radius 3 is 2.50 bits per heavy atom. The molecule has 5 nitrogen and oxygen atoms in total. The van der Waals surface area contributed by atoms with Crippen LogP contribution in [0.1, 0.15) is 23.6 Å². The number of alkyl halides is 2. The number of carbonyl (C=O) groups is 1. The second kappa shape index (κ2) is 8.94. The van der Waals surface area contributed by atoms with Crippen LogP contribution in [0.5, 0.6) is 11.5 Å². The Kier molecular flexibility index (Phi) is 6.66. The van der Waals surface area contributed by atoms with E-state index in [1.54, 1.807) is 19.1 Å². The molecule has 1 N–H and O–H groups in total. The van der Waals surface area contributed by atoms with Crippen LogP contribution in [0.3, 0.4) is 0 Å². The number of benzene rings is 2. The van der Waals surface area contributed by atoms with E-state index in [1.165, 1.54) is 12.1 Å². The summed E-state index contributed by atoms with van der Waals surface area (Å²) < 4.78 is 34.0. The molecule has 0 unspecified atom stereocenters. The van der Waals surface area contributed by atoms with Gasteiger partial charge in [0.05, 0.1) is 5.71 Å². The molecule has 0 spiro atoms. The molecular formula is C19H20F2N2O3. The zero-order valence-corrected chi connectivity index (χ0v) is 14.8. The Balaban J connectivity index is 1.89. The number of nitrogens with one attached hydrogen (secondary N) is 1. The van der Waals surface area contributed by atoms with Gasteiger partial charge in [0, 0.05) is 0 Å². The van der Waals surface area contributed by atoms with Gasteiger partial charge in [-0.25, -0.2) is 5.43 Å². The average Bonchev–Trinajstić information content (AvgIpc) is 2.60. The number of rotatable bonds is 7. The molecule has 0 radical (unpaired) electrons. The minimum absolute atomic E-state index is 0.0579. The fraction of sp³-hybridized carbons (Fsp3) is 0.263. The monoisotopic (exact) mass is 362 g/mol. The first-order valence-electron chi connectivity index (χ1n) is 7.93. The summed E-state index contributed by atoms with van der Waals surface area (Å²) in [5, 5.41) is 3.99. The Bertz CT molecular complexity index is 790. The molecule has 0 bridgehead atoms. The summed E-state index contributed by atoms with van der Waals surface area (Å²) in [7, 11) is 0. The zero-order valence-electron chi connectivity index (χ0n) is 14.8. The summed E-state index contributed by atoms with van der Waals surface area (Å²) in [4.78, 5) is 11.9. The summed E-state index contributed by atoms with van der Waals surface area (Å²) in [5.74, 6) is 0.306. The molecule has 7 heteroatoms. The maximum atomic E-state index is 12.1. The maximum Gasteiger partial charge on any atom is 0.387 e. The molecule has 2 rings (SSSR count). The first kappa shape index (κ1) is 19.4. The van der Waals surface area contributed by atoms with Crippen LogP contribution in [-0.2, 0) is 4.79 Å². The van der Waals surface area contributed by atoms with Crippen molar-refractivity contribution in [2.75, 3.05) is 6.61 Å². The standard InChI is InChI=1S/C19H20F2N2O3/c1-12-4-5-13(2)17(10-12)25-11-18(24)23-22-14(3)15-6-8-16(9-7-15)26-19(20)21/h4-10,19H,11H2,1-3H3,(H,23,24). The summed E-state index contributed by atoms with van der Waals surface area (Å²) in [6.45, 7) is 2.50. The molecule has 0 fully saturated rings. The molecule has 0 aliphatic carbocycles. The maximum absolute atomic E-state index is 12.1. The topological polar surface area (TPSA) is 59.9 Å². The quantitative estimate of drug-likeness (QED) is 0.602. The minimum Gasteiger partial charge on any atom is -0.483 e. The first-order valence-corrected chi connectivity index (χ1v) is 7.93. The van der Waals surface area contributed by atoms with Gasteiger partial charge in [0.2, 0.25) is 0 Å². The van der Waals surface area contributed by atoms with Gasteiger partial charge in [-0.05, 0) is 67.8 Å². The van der Waals surface area contributed by atoms with E-state index in [-0.39, 0.29) is 12.4 Å². The molecule has 1 amide bonds. The highest BCUT2D eigenvalue weighted by atomic mass is 19.3. The van der Waals surface area contributed by atoms with Crippen molar-refractivity contribution in [3.63, 3.8) is 0 Å². The SMILES string of the molecule is CC(=NNC(=O)COc1cc(C)ccc1C)c1ccc(OC(F)F)cc1. The van der Waals surface area contributed by atoms with Gasteiger partial charge in [0.25, 0.3) is 5.91 Å². The molecule has 0 heterocycles. The Morgan fingerprint density at radius 1 is 1.15 bits per heavy atom. The van der Waals surface area contributed by atoms with E-state index in [0.29, 0.717) is 17.0 Å². The fourth-order valence-electron chi connectivity index (χ4n) is 2.13. The van der Waals surface area contributed by atoms with E-state index in [2.05, 4.69) is 15.3 Å².